The predicted octanol–water partition coefficient (Wildman–Crippen LogP) is 4.36. The Morgan fingerprint density at radius 2 is 2.12 bits per heavy atom. The molecule has 0 aromatic carbocycles. The van der Waals surface area contributed by atoms with Crippen LogP contribution in [0.1, 0.15) is 26.7 Å². The van der Waals surface area contributed by atoms with Crippen LogP contribution in [0.15, 0.2) is 36.3 Å². The highest BCUT2D eigenvalue weighted by molar-refractivity contribution is 8.23. The van der Waals surface area contributed by atoms with E-state index in [1.54, 1.807) is 11.8 Å². The second-order valence-electron chi connectivity index (χ2n) is 3.41. The molecule has 0 aliphatic heterocycles. The molecular formula is C13H17NS2. The van der Waals surface area contributed by atoms with Gasteiger partial charge in [0.15, 0.2) is 0 Å². The summed E-state index contributed by atoms with van der Waals surface area (Å²) in [5, 5.41) is 0. The van der Waals surface area contributed by atoms with Crippen molar-refractivity contribution in [3.05, 3.63) is 36.3 Å². The highest BCUT2D eigenvalue weighted by atomic mass is 32.2. The minimum Gasteiger partial charge on any atom is -0.321 e. The van der Waals surface area contributed by atoms with Crippen LogP contribution in [0.4, 0.5) is 0 Å². The van der Waals surface area contributed by atoms with Gasteiger partial charge in [0.1, 0.15) is 0 Å². The van der Waals surface area contributed by atoms with Gasteiger partial charge in [-0.3, -0.25) is 0 Å². The first kappa shape index (κ1) is 13.3. The molecule has 0 bridgehead atoms. The van der Waals surface area contributed by atoms with E-state index in [4.69, 9.17) is 12.2 Å². The van der Waals surface area contributed by atoms with Crippen LogP contribution in [0.5, 0.6) is 0 Å². The zero-order valence-corrected chi connectivity index (χ0v) is 11.4. The van der Waals surface area contributed by atoms with Crippen molar-refractivity contribution >= 4 is 33.9 Å². The predicted molar refractivity (Wildman–Crippen MR) is 77.9 cm³/mol. The zero-order chi connectivity index (χ0) is 11.8. The molecule has 1 rings (SSSR count). The van der Waals surface area contributed by atoms with Crippen molar-refractivity contribution in [2.24, 2.45) is 0 Å². The molecule has 0 radical (unpaired) electrons. The van der Waals surface area contributed by atoms with Crippen molar-refractivity contribution in [1.82, 2.24) is 4.57 Å². The van der Waals surface area contributed by atoms with Gasteiger partial charge in [0.25, 0.3) is 0 Å². The Kier molecular flexibility index (Phi) is 6.24. The summed E-state index contributed by atoms with van der Waals surface area (Å²) < 4.78 is 3.15. The quantitative estimate of drug-likeness (QED) is 0.435. The fourth-order valence-electron chi connectivity index (χ4n) is 1.41. The van der Waals surface area contributed by atoms with Crippen LogP contribution in [-0.4, -0.2) is 14.5 Å². The van der Waals surface area contributed by atoms with Gasteiger partial charge >= 0.3 is 0 Å². The normalized spacial score (nSPS) is 9.62. The van der Waals surface area contributed by atoms with Crippen molar-refractivity contribution in [2.45, 2.75) is 26.7 Å². The molecule has 0 unspecified atom stereocenters. The van der Waals surface area contributed by atoms with Crippen LogP contribution in [-0.2, 0) is 0 Å². The average molecular weight is 251 g/mol. The Morgan fingerprint density at radius 1 is 1.44 bits per heavy atom. The molecule has 1 nitrogen and oxygen atoms in total. The number of thioether (sulfide) groups is 1. The Balaban J connectivity index is 2.49. The molecule has 1 aromatic heterocycles. The monoisotopic (exact) mass is 251 g/mol. The van der Waals surface area contributed by atoms with Crippen molar-refractivity contribution in [1.29, 1.82) is 0 Å². The van der Waals surface area contributed by atoms with Crippen LogP contribution in [0.25, 0.3) is 5.70 Å². The van der Waals surface area contributed by atoms with Gasteiger partial charge in [0.05, 0.1) is 5.70 Å². The molecular weight excluding hydrogens is 234 g/mol. The second-order valence-corrected chi connectivity index (χ2v) is 5.59. The van der Waals surface area contributed by atoms with Crippen LogP contribution in [0.2, 0.25) is 0 Å². The maximum atomic E-state index is 5.03. The third kappa shape index (κ3) is 4.84. The fraction of sp³-hybridized carbons (Fsp3) is 0.385. The molecule has 86 valence electrons. The molecule has 0 saturated carbocycles. The van der Waals surface area contributed by atoms with Crippen molar-refractivity contribution in [3.63, 3.8) is 0 Å². The minimum absolute atomic E-state index is 1.03. The van der Waals surface area contributed by atoms with Crippen molar-refractivity contribution in [2.75, 3.05) is 5.75 Å². The first-order valence-electron chi connectivity index (χ1n) is 5.41. The van der Waals surface area contributed by atoms with E-state index in [1.807, 2.05) is 32.1 Å². The highest BCUT2D eigenvalue weighted by Gasteiger charge is 1.99. The summed E-state index contributed by atoms with van der Waals surface area (Å²) in [6.07, 6.45) is 8.25. The first-order chi connectivity index (χ1) is 7.74. The van der Waals surface area contributed by atoms with E-state index in [9.17, 15) is 0 Å². The third-order valence-corrected chi connectivity index (χ3v) is 3.34. The van der Waals surface area contributed by atoms with Gasteiger partial charge in [0, 0.05) is 16.6 Å². The molecule has 0 fully saturated rings. The number of hydrogen-bond acceptors (Lipinski definition) is 2. The van der Waals surface area contributed by atoms with Crippen LogP contribution in [0, 0.1) is 0 Å². The standard InChI is InChI=1S/C13H17NS2/c1-3-7-13(14-9-4-5-10-14)8-6-11-16-12(2)15/h3-5,9-10H,6,8,11H2,1-2H3. The smallest absolute Gasteiger partial charge is 0.0641 e. The maximum Gasteiger partial charge on any atom is 0.0641 e. The molecule has 0 aliphatic carbocycles. The topological polar surface area (TPSA) is 4.93 Å². The fourth-order valence-corrected chi connectivity index (χ4v) is 2.24. The van der Waals surface area contributed by atoms with E-state index >= 15 is 0 Å². The van der Waals surface area contributed by atoms with Gasteiger partial charge in [-0.05, 0) is 50.7 Å². The van der Waals surface area contributed by atoms with Crippen LogP contribution in [0.3, 0.4) is 0 Å². The van der Waals surface area contributed by atoms with Crippen LogP contribution < -0.4 is 0 Å². The summed E-state index contributed by atoms with van der Waals surface area (Å²) in [6.45, 7) is 3.98. The van der Waals surface area contributed by atoms with E-state index in [0.29, 0.717) is 0 Å². The largest absolute Gasteiger partial charge is 0.321 e. The number of aromatic nitrogens is 1. The molecule has 0 aliphatic rings. The minimum atomic E-state index is 1.03. The van der Waals surface area contributed by atoms with E-state index in [0.717, 1.165) is 22.8 Å². The average Bonchev–Trinajstić information content (AvgIpc) is 2.75. The molecule has 0 amide bonds. The summed E-state index contributed by atoms with van der Waals surface area (Å²) in [4.78, 5) is 0. The lowest BCUT2D eigenvalue weighted by Gasteiger charge is -2.06. The van der Waals surface area contributed by atoms with Crippen LogP contribution >= 0.6 is 24.0 Å². The molecule has 16 heavy (non-hydrogen) atoms. The molecule has 0 atom stereocenters. The number of allylic oxidation sites excluding steroid dienone is 1. The van der Waals surface area contributed by atoms with Gasteiger partial charge in [-0.25, -0.2) is 0 Å². The Morgan fingerprint density at radius 3 is 2.69 bits per heavy atom. The summed E-state index contributed by atoms with van der Waals surface area (Å²) in [5.74, 6) is 1.09. The van der Waals surface area contributed by atoms with E-state index in [2.05, 4.69) is 22.7 Å². The first-order valence-corrected chi connectivity index (χ1v) is 6.80. The zero-order valence-electron chi connectivity index (χ0n) is 9.77. The lowest BCUT2D eigenvalue weighted by molar-refractivity contribution is 0.916. The third-order valence-electron chi connectivity index (χ3n) is 2.09. The van der Waals surface area contributed by atoms with E-state index in [1.165, 1.54) is 5.70 Å². The van der Waals surface area contributed by atoms with Crippen molar-refractivity contribution in [3.8, 4) is 0 Å². The number of nitrogens with zero attached hydrogens (tertiary/aromatic N) is 1. The Bertz CT molecular complexity index is 384. The molecule has 1 heterocycles. The summed E-state index contributed by atoms with van der Waals surface area (Å²) >= 11 is 6.79. The van der Waals surface area contributed by atoms with Gasteiger partial charge in [-0.2, -0.15) is 0 Å². The van der Waals surface area contributed by atoms with Gasteiger partial charge < -0.3 is 4.57 Å². The summed E-state index contributed by atoms with van der Waals surface area (Å²) in [5.41, 5.74) is 4.50. The molecule has 0 N–H and O–H groups in total. The van der Waals surface area contributed by atoms with Gasteiger partial charge in [-0.15, -0.1) is 17.5 Å². The molecule has 1 aromatic rings. The van der Waals surface area contributed by atoms with E-state index in [-0.39, 0.29) is 0 Å². The Labute approximate surface area is 107 Å². The molecule has 3 heteroatoms. The number of hydrogen-bond donors (Lipinski definition) is 0. The summed E-state index contributed by atoms with van der Waals surface area (Å²) in [6, 6.07) is 4.07. The molecule has 0 saturated heterocycles. The SMILES string of the molecule is CC=C=C(CCCSC(C)=S)n1cccc1. The second kappa shape index (κ2) is 7.50. The highest BCUT2D eigenvalue weighted by Crippen LogP contribution is 2.14. The van der Waals surface area contributed by atoms with Gasteiger partial charge in [0.2, 0.25) is 0 Å². The van der Waals surface area contributed by atoms with Gasteiger partial charge in [-0.1, -0.05) is 12.2 Å². The molecule has 0 spiro atoms. The summed E-state index contributed by atoms with van der Waals surface area (Å²) in [7, 11) is 0. The Hall–Kier alpha value is -0.760. The van der Waals surface area contributed by atoms with Crippen molar-refractivity contribution < 1.29 is 0 Å². The number of rotatable bonds is 5. The lowest BCUT2D eigenvalue weighted by atomic mass is 10.2. The lowest BCUT2D eigenvalue weighted by Crippen LogP contribution is -1.94. The number of thiocarbonyl (C=S) groups is 1. The van der Waals surface area contributed by atoms with E-state index < -0.39 is 0 Å². The maximum absolute atomic E-state index is 5.03.